The Labute approximate surface area is 79.2 Å². The topological polar surface area (TPSA) is 18.5 Å². The molecule has 0 aliphatic carbocycles. The second-order valence-corrected chi connectivity index (χ2v) is 2.40. The van der Waals surface area contributed by atoms with E-state index in [1.807, 2.05) is 13.8 Å². The molecule has 0 rings (SSSR count). The van der Waals surface area contributed by atoms with Gasteiger partial charge in [-0.25, -0.2) is 0 Å². The van der Waals surface area contributed by atoms with Gasteiger partial charge in [-0.1, -0.05) is 12.8 Å². The molecule has 0 saturated heterocycles. The molecule has 0 aromatic rings. The highest BCUT2D eigenvalue weighted by Gasteiger charge is 2.01. The molecule has 0 spiro atoms. The first-order valence-electron chi connectivity index (χ1n) is 4.12. The molecule has 0 N–H and O–H groups in total. The first-order valence-corrected chi connectivity index (χ1v) is 4.66. The molecule has 1 atom stereocenters. The number of hydrogen-bond acceptors (Lipinski definition) is 2. The largest absolute Gasteiger partial charge is 0.342 e. The molecule has 0 aromatic heterocycles. The first-order chi connectivity index (χ1) is 5.85. The number of alkyl halides is 1. The van der Waals surface area contributed by atoms with E-state index in [-0.39, 0.29) is 0 Å². The van der Waals surface area contributed by atoms with E-state index in [2.05, 4.69) is 11.8 Å². The van der Waals surface area contributed by atoms with Gasteiger partial charge in [-0.2, -0.15) is 0 Å². The third-order valence-corrected chi connectivity index (χ3v) is 1.22. The summed E-state index contributed by atoms with van der Waals surface area (Å²) in [6.45, 7) is 4.97. The monoisotopic (exact) mass is 190 g/mol. The van der Waals surface area contributed by atoms with Gasteiger partial charge in [0, 0.05) is 18.9 Å². The Kier molecular flexibility index (Phi) is 8.69. The molecule has 0 bridgehead atoms. The highest BCUT2D eigenvalue weighted by atomic mass is 35.5. The summed E-state index contributed by atoms with van der Waals surface area (Å²) in [5, 5.41) is 0. The van der Waals surface area contributed by atoms with Crippen LogP contribution in [-0.4, -0.2) is 25.4 Å². The summed E-state index contributed by atoms with van der Waals surface area (Å²) in [4.78, 5) is 0. The smallest absolute Gasteiger partial charge is 0.222 e. The van der Waals surface area contributed by atoms with Gasteiger partial charge in [-0.3, -0.25) is 0 Å². The van der Waals surface area contributed by atoms with E-state index in [0.29, 0.717) is 19.1 Å². The van der Waals surface area contributed by atoms with Crippen molar-refractivity contribution in [2.45, 2.75) is 26.6 Å². The molecule has 0 radical (unpaired) electrons. The van der Waals surface area contributed by atoms with Crippen LogP contribution >= 0.6 is 11.6 Å². The predicted molar refractivity (Wildman–Crippen MR) is 50.2 cm³/mol. The van der Waals surface area contributed by atoms with Crippen LogP contribution < -0.4 is 0 Å². The van der Waals surface area contributed by atoms with Crippen molar-refractivity contribution < 1.29 is 9.47 Å². The van der Waals surface area contributed by atoms with Crippen molar-refractivity contribution in [3.8, 4) is 11.8 Å². The molecule has 0 saturated carbocycles. The van der Waals surface area contributed by atoms with Crippen molar-refractivity contribution in [1.29, 1.82) is 0 Å². The van der Waals surface area contributed by atoms with Crippen LogP contribution in [0.5, 0.6) is 0 Å². The molecule has 0 amide bonds. The van der Waals surface area contributed by atoms with Crippen molar-refractivity contribution in [1.82, 2.24) is 0 Å². The van der Waals surface area contributed by atoms with E-state index in [1.54, 1.807) is 0 Å². The summed E-state index contributed by atoms with van der Waals surface area (Å²) in [7, 11) is 0. The summed E-state index contributed by atoms with van der Waals surface area (Å²) in [6.07, 6.45) is 0.405. The summed E-state index contributed by atoms with van der Waals surface area (Å²) in [6, 6.07) is 0. The molecule has 12 heavy (non-hydrogen) atoms. The van der Waals surface area contributed by atoms with Gasteiger partial charge in [0.05, 0.1) is 6.61 Å². The van der Waals surface area contributed by atoms with Crippen LogP contribution in [0.15, 0.2) is 0 Å². The lowest BCUT2D eigenvalue weighted by atomic mass is 10.4. The lowest BCUT2D eigenvalue weighted by Gasteiger charge is -2.10. The molecule has 0 fully saturated rings. The molecule has 2 nitrogen and oxygen atoms in total. The van der Waals surface area contributed by atoms with E-state index >= 15 is 0 Å². The molecular weight excluding hydrogens is 176 g/mol. The Morgan fingerprint density at radius 1 is 1.33 bits per heavy atom. The lowest BCUT2D eigenvalue weighted by Crippen LogP contribution is -2.16. The van der Waals surface area contributed by atoms with Crippen molar-refractivity contribution in [3.05, 3.63) is 0 Å². The van der Waals surface area contributed by atoms with Crippen LogP contribution in [0.25, 0.3) is 0 Å². The maximum atomic E-state index is 5.45. The Morgan fingerprint density at radius 3 is 2.58 bits per heavy atom. The highest BCUT2D eigenvalue weighted by Crippen LogP contribution is 1.94. The SMILES string of the molecule is CCC#CC(OCC)OCCCl. The summed E-state index contributed by atoms with van der Waals surface area (Å²) in [5.41, 5.74) is 0. The second-order valence-electron chi connectivity index (χ2n) is 2.02. The van der Waals surface area contributed by atoms with E-state index in [1.165, 1.54) is 0 Å². The lowest BCUT2D eigenvalue weighted by molar-refractivity contribution is -0.0964. The fourth-order valence-corrected chi connectivity index (χ4v) is 0.709. The summed E-state index contributed by atoms with van der Waals surface area (Å²) >= 11 is 5.45. The third kappa shape index (κ3) is 6.48. The highest BCUT2D eigenvalue weighted by molar-refractivity contribution is 6.17. The molecule has 70 valence electrons. The van der Waals surface area contributed by atoms with Crippen LogP contribution in [0.2, 0.25) is 0 Å². The molecule has 0 aliphatic rings. The zero-order valence-corrected chi connectivity index (χ0v) is 8.36. The fourth-order valence-electron chi connectivity index (χ4n) is 0.620. The maximum absolute atomic E-state index is 5.45. The standard InChI is InChI=1S/C9H15ClO2/c1-3-5-6-9(11-4-2)12-8-7-10/h9H,3-4,7-8H2,1-2H3. The third-order valence-electron chi connectivity index (χ3n) is 1.06. The second kappa shape index (κ2) is 8.86. The average Bonchev–Trinajstić information content (AvgIpc) is 2.10. The van der Waals surface area contributed by atoms with E-state index in [0.717, 1.165) is 6.42 Å². The normalized spacial score (nSPS) is 11.9. The minimum absolute atomic E-state index is 0.409. The quantitative estimate of drug-likeness (QED) is 0.375. The van der Waals surface area contributed by atoms with Crippen molar-refractivity contribution in [2.75, 3.05) is 19.1 Å². The minimum atomic E-state index is -0.409. The Bertz CT molecular complexity index is 148. The van der Waals surface area contributed by atoms with Crippen molar-refractivity contribution in [3.63, 3.8) is 0 Å². The van der Waals surface area contributed by atoms with Gasteiger partial charge >= 0.3 is 0 Å². The number of ether oxygens (including phenoxy) is 2. The molecule has 0 aromatic carbocycles. The van der Waals surface area contributed by atoms with Gasteiger partial charge in [-0.15, -0.1) is 11.6 Å². The average molecular weight is 191 g/mol. The maximum Gasteiger partial charge on any atom is 0.222 e. The van der Waals surface area contributed by atoms with Crippen LogP contribution in [0, 0.1) is 11.8 Å². The Balaban J connectivity index is 3.69. The molecular formula is C9H15ClO2. The van der Waals surface area contributed by atoms with Gasteiger partial charge in [0.1, 0.15) is 0 Å². The molecule has 3 heteroatoms. The Hall–Kier alpha value is -0.230. The van der Waals surface area contributed by atoms with Gasteiger partial charge < -0.3 is 9.47 Å². The van der Waals surface area contributed by atoms with Crippen LogP contribution in [0.3, 0.4) is 0 Å². The number of hydrogen-bond donors (Lipinski definition) is 0. The molecule has 1 unspecified atom stereocenters. The van der Waals surface area contributed by atoms with Crippen molar-refractivity contribution >= 4 is 11.6 Å². The van der Waals surface area contributed by atoms with Gasteiger partial charge in [0.15, 0.2) is 0 Å². The van der Waals surface area contributed by atoms with E-state index in [9.17, 15) is 0 Å². The zero-order chi connectivity index (χ0) is 9.23. The Morgan fingerprint density at radius 2 is 2.08 bits per heavy atom. The van der Waals surface area contributed by atoms with Gasteiger partial charge in [-0.05, 0) is 12.8 Å². The van der Waals surface area contributed by atoms with Crippen molar-refractivity contribution in [2.24, 2.45) is 0 Å². The minimum Gasteiger partial charge on any atom is -0.342 e. The van der Waals surface area contributed by atoms with E-state index < -0.39 is 6.29 Å². The summed E-state index contributed by atoms with van der Waals surface area (Å²) in [5.74, 6) is 6.22. The number of rotatable bonds is 5. The summed E-state index contributed by atoms with van der Waals surface area (Å²) < 4.78 is 10.4. The van der Waals surface area contributed by atoms with Gasteiger partial charge in [0.25, 0.3) is 0 Å². The van der Waals surface area contributed by atoms with Crippen LogP contribution in [0.4, 0.5) is 0 Å². The molecule has 0 heterocycles. The van der Waals surface area contributed by atoms with Crippen LogP contribution in [0.1, 0.15) is 20.3 Å². The van der Waals surface area contributed by atoms with Crippen LogP contribution in [-0.2, 0) is 9.47 Å². The van der Waals surface area contributed by atoms with E-state index in [4.69, 9.17) is 21.1 Å². The van der Waals surface area contributed by atoms with Gasteiger partial charge in [0.2, 0.25) is 6.29 Å². The fraction of sp³-hybridized carbons (Fsp3) is 0.778. The zero-order valence-electron chi connectivity index (χ0n) is 7.60. The first kappa shape index (κ1) is 11.8. The molecule has 0 aliphatic heterocycles. The predicted octanol–water partition coefficient (Wildman–Crippen LogP) is 2.02. The number of halogens is 1.